The predicted molar refractivity (Wildman–Crippen MR) is 82.2 cm³/mol. The van der Waals surface area contributed by atoms with Crippen LogP contribution in [-0.4, -0.2) is 27.1 Å². The third kappa shape index (κ3) is 3.55. The minimum atomic E-state index is -0.858. The highest BCUT2D eigenvalue weighted by Crippen LogP contribution is 2.26. The molecule has 2 aromatic heterocycles. The van der Waals surface area contributed by atoms with E-state index in [-0.39, 0.29) is 5.41 Å². The molecule has 0 fully saturated rings. The number of hydrogen-bond acceptors (Lipinski definition) is 4. The topological polar surface area (TPSA) is 75.1 Å². The van der Waals surface area contributed by atoms with E-state index in [2.05, 4.69) is 36.1 Å². The van der Waals surface area contributed by atoms with Gasteiger partial charge in [-0.1, -0.05) is 20.8 Å². The summed E-state index contributed by atoms with van der Waals surface area (Å²) in [6.45, 7) is 8.43. The molecular weight excluding hydrogens is 266 g/mol. The van der Waals surface area contributed by atoms with Crippen molar-refractivity contribution in [1.82, 2.24) is 15.3 Å². The van der Waals surface area contributed by atoms with Gasteiger partial charge in [0.2, 0.25) is 0 Å². The molecule has 0 saturated carbocycles. The Balaban J connectivity index is 2.29. The van der Waals surface area contributed by atoms with E-state index in [0.29, 0.717) is 6.54 Å². The first kappa shape index (κ1) is 15.4. The van der Waals surface area contributed by atoms with Crippen molar-refractivity contribution in [3.63, 3.8) is 0 Å². The molecule has 5 heteroatoms. The fraction of sp³-hybridized carbons (Fsp3) is 0.438. The van der Waals surface area contributed by atoms with Crippen molar-refractivity contribution in [2.24, 2.45) is 0 Å². The van der Waals surface area contributed by atoms with E-state index in [1.165, 1.54) is 0 Å². The van der Waals surface area contributed by atoms with E-state index in [9.17, 15) is 4.79 Å². The Hall–Kier alpha value is -2.01. The summed E-state index contributed by atoms with van der Waals surface area (Å²) in [6.07, 6.45) is 3.57. The third-order valence-corrected chi connectivity index (χ3v) is 3.35. The molecule has 2 rings (SSSR count). The van der Waals surface area contributed by atoms with Crippen molar-refractivity contribution in [2.75, 3.05) is 0 Å². The zero-order valence-electron chi connectivity index (χ0n) is 12.8. The molecule has 0 amide bonds. The van der Waals surface area contributed by atoms with Gasteiger partial charge in [0, 0.05) is 29.7 Å². The number of hydrogen-bond donors (Lipinski definition) is 2. The smallest absolute Gasteiger partial charge is 0.320 e. The zero-order chi connectivity index (χ0) is 15.6. The van der Waals surface area contributed by atoms with E-state index in [4.69, 9.17) is 5.11 Å². The summed E-state index contributed by atoms with van der Waals surface area (Å²) in [6, 6.07) is 3.38. The first-order valence-electron chi connectivity index (χ1n) is 6.99. The van der Waals surface area contributed by atoms with E-state index in [0.717, 1.165) is 22.2 Å². The largest absolute Gasteiger partial charge is 0.480 e. The molecule has 0 spiro atoms. The third-order valence-electron chi connectivity index (χ3n) is 3.35. The van der Waals surface area contributed by atoms with E-state index in [1.807, 2.05) is 12.1 Å². The molecule has 0 aliphatic carbocycles. The normalized spacial score (nSPS) is 13.3. The number of nitrogens with one attached hydrogen (secondary N) is 1. The van der Waals surface area contributed by atoms with Crippen LogP contribution in [0.5, 0.6) is 0 Å². The standard InChI is InChI=1S/C16H21N3O2/c1-10(15(20)21)18-8-11-7-12-5-6-17-14(16(2,3)4)13(12)19-9-11/h5-7,9-10,18H,8H2,1-4H3,(H,20,21). The van der Waals surface area contributed by atoms with Crippen molar-refractivity contribution in [3.05, 3.63) is 35.8 Å². The predicted octanol–water partition coefficient (Wildman–Crippen LogP) is 2.49. The number of aliphatic carboxylic acids is 1. The molecular formula is C16H21N3O2. The van der Waals surface area contributed by atoms with Gasteiger partial charge in [0.15, 0.2) is 0 Å². The van der Waals surface area contributed by atoms with Crippen LogP contribution in [0.2, 0.25) is 0 Å². The number of aromatic nitrogens is 2. The Morgan fingerprint density at radius 3 is 2.71 bits per heavy atom. The second kappa shape index (κ2) is 5.77. The summed E-state index contributed by atoms with van der Waals surface area (Å²) >= 11 is 0. The number of carbonyl (C=O) groups is 1. The maximum atomic E-state index is 10.8. The van der Waals surface area contributed by atoms with E-state index >= 15 is 0 Å². The van der Waals surface area contributed by atoms with Crippen LogP contribution in [-0.2, 0) is 16.8 Å². The Bertz CT molecular complexity index is 662. The minimum Gasteiger partial charge on any atom is -0.480 e. The average molecular weight is 287 g/mol. The minimum absolute atomic E-state index is 0.0654. The molecule has 2 aromatic rings. The van der Waals surface area contributed by atoms with Gasteiger partial charge in [0.25, 0.3) is 0 Å². The van der Waals surface area contributed by atoms with Crippen LogP contribution >= 0.6 is 0 Å². The molecule has 0 aliphatic heterocycles. The van der Waals surface area contributed by atoms with Gasteiger partial charge in [-0.3, -0.25) is 14.8 Å². The summed E-state index contributed by atoms with van der Waals surface area (Å²) < 4.78 is 0. The number of carboxylic acid groups (broad SMARTS) is 1. The van der Waals surface area contributed by atoms with Crippen LogP contribution in [0.25, 0.3) is 10.9 Å². The monoisotopic (exact) mass is 287 g/mol. The molecule has 1 unspecified atom stereocenters. The van der Waals surface area contributed by atoms with Crippen LogP contribution in [0.1, 0.15) is 39.0 Å². The lowest BCUT2D eigenvalue weighted by Gasteiger charge is -2.19. The second-order valence-electron chi connectivity index (χ2n) is 6.27. The summed E-state index contributed by atoms with van der Waals surface area (Å²) in [7, 11) is 0. The van der Waals surface area contributed by atoms with E-state index in [1.54, 1.807) is 19.3 Å². The quantitative estimate of drug-likeness (QED) is 0.903. The van der Waals surface area contributed by atoms with Crippen LogP contribution in [0.15, 0.2) is 24.5 Å². The molecule has 0 bridgehead atoms. The Kier molecular flexibility index (Phi) is 4.23. The van der Waals surface area contributed by atoms with Crippen LogP contribution in [0, 0.1) is 0 Å². The Morgan fingerprint density at radius 1 is 1.38 bits per heavy atom. The lowest BCUT2D eigenvalue weighted by Crippen LogP contribution is -2.33. The summed E-state index contributed by atoms with van der Waals surface area (Å²) in [5.41, 5.74) is 2.77. The highest BCUT2D eigenvalue weighted by molar-refractivity contribution is 5.81. The van der Waals surface area contributed by atoms with Crippen molar-refractivity contribution in [3.8, 4) is 0 Å². The molecule has 21 heavy (non-hydrogen) atoms. The van der Waals surface area contributed by atoms with Gasteiger partial charge in [-0.2, -0.15) is 0 Å². The summed E-state index contributed by atoms with van der Waals surface area (Å²) in [5, 5.41) is 12.8. The Labute approximate surface area is 124 Å². The fourth-order valence-corrected chi connectivity index (χ4v) is 2.11. The van der Waals surface area contributed by atoms with Gasteiger partial charge in [-0.25, -0.2) is 0 Å². The van der Waals surface area contributed by atoms with Crippen molar-refractivity contribution >= 4 is 16.9 Å². The lowest BCUT2D eigenvalue weighted by molar-refractivity contribution is -0.139. The van der Waals surface area contributed by atoms with Crippen LogP contribution in [0.3, 0.4) is 0 Å². The van der Waals surface area contributed by atoms with Gasteiger partial charge in [-0.15, -0.1) is 0 Å². The van der Waals surface area contributed by atoms with Gasteiger partial charge < -0.3 is 10.4 Å². The second-order valence-corrected chi connectivity index (χ2v) is 6.27. The molecule has 1 atom stereocenters. The van der Waals surface area contributed by atoms with Crippen LogP contribution < -0.4 is 5.32 Å². The molecule has 112 valence electrons. The summed E-state index contributed by atoms with van der Waals surface area (Å²) in [5.74, 6) is -0.858. The lowest BCUT2D eigenvalue weighted by atomic mass is 9.90. The van der Waals surface area contributed by atoms with Gasteiger partial charge >= 0.3 is 5.97 Å². The average Bonchev–Trinajstić information content (AvgIpc) is 2.42. The molecule has 0 radical (unpaired) electrons. The number of rotatable bonds is 4. The number of fused-ring (bicyclic) bond motifs is 1. The highest BCUT2D eigenvalue weighted by atomic mass is 16.4. The first-order chi connectivity index (χ1) is 9.79. The fourth-order valence-electron chi connectivity index (χ4n) is 2.11. The molecule has 2 heterocycles. The molecule has 0 aliphatic rings. The maximum Gasteiger partial charge on any atom is 0.320 e. The molecule has 5 nitrogen and oxygen atoms in total. The molecule has 0 saturated heterocycles. The SMILES string of the molecule is CC(NCc1cnc2c(C(C)(C)C)nccc2c1)C(=O)O. The van der Waals surface area contributed by atoms with Gasteiger partial charge in [0.1, 0.15) is 6.04 Å². The maximum absolute atomic E-state index is 10.8. The molecule has 0 aromatic carbocycles. The van der Waals surface area contributed by atoms with Gasteiger partial charge in [-0.05, 0) is 24.6 Å². The van der Waals surface area contributed by atoms with E-state index < -0.39 is 12.0 Å². The number of pyridine rings is 2. The van der Waals surface area contributed by atoms with Crippen molar-refractivity contribution in [1.29, 1.82) is 0 Å². The van der Waals surface area contributed by atoms with Gasteiger partial charge in [0.05, 0.1) is 11.2 Å². The van der Waals surface area contributed by atoms with Crippen molar-refractivity contribution < 1.29 is 9.90 Å². The highest BCUT2D eigenvalue weighted by Gasteiger charge is 2.19. The number of carboxylic acids is 1. The summed E-state index contributed by atoms with van der Waals surface area (Å²) in [4.78, 5) is 19.8. The van der Waals surface area contributed by atoms with Crippen LogP contribution in [0.4, 0.5) is 0 Å². The Morgan fingerprint density at radius 2 is 2.10 bits per heavy atom. The zero-order valence-corrected chi connectivity index (χ0v) is 12.8. The number of nitrogens with zero attached hydrogens (tertiary/aromatic N) is 2. The molecule has 2 N–H and O–H groups in total. The first-order valence-corrected chi connectivity index (χ1v) is 6.99. The van der Waals surface area contributed by atoms with Crippen molar-refractivity contribution in [2.45, 2.75) is 45.7 Å².